The summed E-state index contributed by atoms with van der Waals surface area (Å²) in [5, 5.41) is 0.751. The van der Waals surface area contributed by atoms with E-state index in [4.69, 9.17) is 0 Å². The van der Waals surface area contributed by atoms with Gasteiger partial charge in [0.15, 0.2) is 0 Å². The molecule has 0 aromatic carbocycles. The van der Waals surface area contributed by atoms with Gasteiger partial charge in [0.05, 0.1) is 10.7 Å². The van der Waals surface area contributed by atoms with E-state index in [9.17, 15) is 18.0 Å². The van der Waals surface area contributed by atoms with E-state index < -0.39 is 24.0 Å². The van der Waals surface area contributed by atoms with Gasteiger partial charge in [0.1, 0.15) is 11.4 Å². The van der Waals surface area contributed by atoms with Crippen molar-refractivity contribution in [2.75, 3.05) is 13.1 Å². The van der Waals surface area contributed by atoms with Crippen molar-refractivity contribution in [1.82, 2.24) is 9.88 Å². The van der Waals surface area contributed by atoms with Crippen molar-refractivity contribution in [1.29, 1.82) is 0 Å². The lowest BCUT2D eigenvalue weighted by Crippen LogP contribution is -2.43. The molecular weight excluding hydrogens is 325 g/mol. The molecule has 1 heterocycles. The third kappa shape index (κ3) is 6.12. The van der Waals surface area contributed by atoms with Crippen molar-refractivity contribution in [3.8, 4) is 0 Å². The Morgan fingerprint density at radius 2 is 1.61 bits per heavy atom. The number of aryl methyl sites for hydroxylation is 1. The average molecular weight is 350 g/mol. The Morgan fingerprint density at radius 1 is 1.09 bits per heavy atom. The predicted octanol–water partition coefficient (Wildman–Crippen LogP) is 4.80. The minimum atomic E-state index is -4.42. The molecule has 1 amide bonds. The number of hydrogen-bond acceptors (Lipinski definition) is 3. The Bertz CT molecular complexity index is 549. The summed E-state index contributed by atoms with van der Waals surface area (Å²) in [6.07, 6.45) is -4.42. The molecule has 1 aromatic heterocycles. The maximum absolute atomic E-state index is 12.8. The summed E-state index contributed by atoms with van der Waals surface area (Å²) < 4.78 is 38.5. The Kier molecular flexibility index (Phi) is 5.56. The molecule has 23 heavy (non-hydrogen) atoms. The zero-order chi connectivity index (χ0) is 18.2. The van der Waals surface area contributed by atoms with E-state index in [0.717, 1.165) is 9.91 Å². The largest absolute Gasteiger partial charge is 0.406 e. The van der Waals surface area contributed by atoms with Gasteiger partial charge >= 0.3 is 6.18 Å². The van der Waals surface area contributed by atoms with E-state index in [-0.39, 0.29) is 12.0 Å². The maximum atomic E-state index is 12.8. The van der Waals surface area contributed by atoms with Crippen molar-refractivity contribution in [3.05, 3.63) is 15.6 Å². The normalized spacial score (nSPS) is 13.3. The molecule has 0 fully saturated rings. The molecule has 0 spiro atoms. The van der Waals surface area contributed by atoms with E-state index in [0.29, 0.717) is 10.6 Å². The predicted molar refractivity (Wildman–Crippen MR) is 87.0 cm³/mol. The highest BCUT2D eigenvalue weighted by Gasteiger charge is 2.36. The minimum Gasteiger partial charge on any atom is -0.328 e. The Balaban J connectivity index is 3.17. The number of rotatable bonds is 3. The number of thiazole rings is 1. The summed E-state index contributed by atoms with van der Waals surface area (Å²) >= 11 is 1.19. The van der Waals surface area contributed by atoms with Gasteiger partial charge < -0.3 is 4.90 Å². The number of hydrogen-bond donors (Lipinski definition) is 0. The number of carbonyl (C=O) groups excluding carboxylic acids is 1. The van der Waals surface area contributed by atoms with Gasteiger partial charge in [-0.05, 0) is 12.3 Å². The summed E-state index contributed by atoms with van der Waals surface area (Å²) in [5.41, 5.74) is -0.176. The van der Waals surface area contributed by atoms with Gasteiger partial charge in [0.2, 0.25) is 0 Å². The first-order valence-corrected chi connectivity index (χ1v) is 8.26. The van der Waals surface area contributed by atoms with Crippen LogP contribution in [0.15, 0.2) is 0 Å². The van der Waals surface area contributed by atoms with Gasteiger partial charge in [-0.15, -0.1) is 11.3 Å². The Hall–Kier alpha value is -1.11. The van der Waals surface area contributed by atoms with E-state index >= 15 is 0 Å². The molecule has 1 aromatic rings. The average Bonchev–Trinajstić information content (AvgIpc) is 2.65. The van der Waals surface area contributed by atoms with Crippen molar-refractivity contribution in [3.63, 3.8) is 0 Å². The van der Waals surface area contributed by atoms with E-state index in [1.165, 1.54) is 11.3 Å². The Labute approximate surface area is 139 Å². The molecule has 0 unspecified atom stereocenters. The van der Waals surface area contributed by atoms with Gasteiger partial charge in [0, 0.05) is 12.0 Å². The van der Waals surface area contributed by atoms with Crippen LogP contribution in [0.1, 0.15) is 61.9 Å². The lowest BCUT2D eigenvalue weighted by atomic mass is 9.96. The zero-order valence-electron chi connectivity index (χ0n) is 14.8. The summed E-state index contributed by atoms with van der Waals surface area (Å²) in [4.78, 5) is 18.2. The fraction of sp³-hybridized carbons (Fsp3) is 0.750. The van der Waals surface area contributed by atoms with Crippen LogP contribution in [0, 0.1) is 12.3 Å². The lowest BCUT2D eigenvalue weighted by Gasteiger charge is -2.30. The van der Waals surface area contributed by atoms with Crippen LogP contribution in [-0.2, 0) is 5.41 Å². The second-order valence-corrected chi connectivity index (χ2v) is 9.02. The highest BCUT2D eigenvalue weighted by Crippen LogP contribution is 2.31. The summed E-state index contributed by atoms with van der Waals surface area (Å²) in [6.45, 7) is 11.8. The minimum absolute atomic E-state index is 0.0353. The third-order valence-corrected chi connectivity index (χ3v) is 4.53. The molecule has 0 aliphatic rings. The van der Waals surface area contributed by atoms with Crippen molar-refractivity contribution < 1.29 is 18.0 Å². The number of carbonyl (C=O) groups is 1. The Morgan fingerprint density at radius 3 is 1.96 bits per heavy atom. The molecule has 0 saturated heterocycles. The molecule has 0 bridgehead atoms. The molecule has 0 atom stereocenters. The molecular formula is C16H25F3N2OS. The fourth-order valence-electron chi connectivity index (χ4n) is 2.05. The maximum Gasteiger partial charge on any atom is 0.406 e. The second-order valence-electron chi connectivity index (χ2n) is 8.02. The first kappa shape index (κ1) is 19.9. The van der Waals surface area contributed by atoms with Crippen LogP contribution in [0.4, 0.5) is 13.2 Å². The smallest absolute Gasteiger partial charge is 0.328 e. The number of aromatic nitrogens is 1. The quantitative estimate of drug-likeness (QED) is 0.784. The SMILES string of the molecule is Cc1nc(C(C)(C)C)sc1C(=O)N(CC(C)(C)C)CC(F)(F)F. The zero-order valence-corrected chi connectivity index (χ0v) is 15.6. The first-order chi connectivity index (χ1) is 10.1. The number of amides is 1. The van der Waals surface area contributed by atoms with Crippen LogP contribution in [0.2, 0.25) is 0 Å². The molecule has 0 N–H and O–H groups in total. The van der Waals surface area contributed by atoms with Crippen LogP contribution in [-0.4, -0.2) is 35.1 Å². The highest BCUT2D eigenvalue weighted by molar-refractivity contribution is 7.14. The number of halogens is 3. The van der Waals surface area contributed by atoms with Crippen molar-refractivity contribution in [2.45, 2.75) is 60.1 Å². The third-order valence-electron chi connectivity index (χ3n) is 2.95. The molecule has 0 saturated carbocycles. The van der Waals surface area contributed by atoms with Crippen LogP contribution < -0.4 is 0 Å². The molecule has 132 valence electrons. The molecule has 1 rings (SSSR count). The summed E-state index contributed by atoms with van der Waals surface area (Å²) in [5.74, 6) is -0.595. The van der Waals surface area contributed by atoms with Crippen molar-refractivity contribution in [2.24, 2.45) is 5.41 Å². The molecule has 0 aliphatic heterocycles. The fourth-order valence-corrected chi connectivity index (χ4v) is 3.14. The molecule has 3 nitrogen and oxygen atoms in total. The second kappa shape index (κ2) is 6.42. The number of alkyl halides is 3. The van der Waals surface area contributed by atoms with Gasteiger partial charge in [-0.2, -0.15) is 13.2 Å². The van der Waals surface area contributed by atoms with E-state index in [2.05, 4.69) is 4.98 Å². The molecule has 7 heteroatoms. The van der Waals surface area contributed by atoms with Crippen molar-refractivity contribution >= 4 is 17.2 Å². The molecule has 0 radical (unpaired) electrons. The lowest BCUT2D eigenvalue weighted by molar-refractivity contribution is -0.142. The van der Waals surface area contributed by atoms with E-state index in [1.807, 2.05) is 41.5 Å². The highest BCUT2D eigenvalue weighted by atomic mass is 32.1. The monoisotopic (exact) mass is 350 g/mol. The van der Waals surface area contributed by atoms with Crippen LogP contribution >= 0.6 is 11.3 Å². The van der Waals surface area contributed by atoms with Crippen LogP contribution in [0.25, 0.3) is 0 Å². The number of nitrogens with zero attached hydrogens (tertiary/aromatic N) is 2. The first-order valence-electron chi connectivity index (χ1n) is 7.44. The van der Waals surface area contributed by atoms with Crippen LogP contribution in [0.3, 0.4) is 0 Å². The van der Waals surface area contributed by atoms with Crippen LogP contribution in [0.5, 0.6) is 0 Å². The summed E-state index contributed by atoms with van der Waals surface area (Å²) in [7, 11) is 0. The topological polar surface area (TPSA) is 33.2 Å². The van der Waals surface area contributed by atoms with E-state index in [1.54, 1.807) is 6.92 Å². The van der Waals surface area contributed by atoms with Gasteiger partial charge in [-0.25, -0.2) is 4.98 Å². The molecule has 0 aliphatic carbocycles. The van der Waals surface area contributed by atoms with Gasteiger partial charge in [-0.1, -0.05) is 41.5 Å². The van der Waals surface area contributed by atoms with Gasteiger partial charge in [0.25, 0.3) is 5.91 Å². The van der Waals surface area contributed by atoms with Gasteiger partial charge in [-0.3, -0.25) is 4.79 Å². The summed E-state index contributed by atoms with van der Waals surface area (Å²) in [6, 6.07) is 0. The standard InChI is InChI=1S/C16H25F3N2OS/c1-10-11(23-13(20-10)15(5,6)7)12(22)21(8-14(2,3)4)9-16(17,18)19/h8-9H2,1-7H3.